The molecule has 0 aromatic carbocycles. The summed E-state index contributed by atoms with van der Waals surface area (Å²) < 4.78 is 1.17. The van der Waals surface area contributed by atoms with Gasteiger partial charge in [0.2, 0.25) is 76.8 Å². The van der Waals surface area contributed by atoms with Crippen LogP contribution in [0.3, 0.4) is 0 Å². The third kappa shape index (κ3) is 25.9. The van der Waals surface area contributed by atoms with Crippen molar-refractivity contribution in [1.82, 2.24) is 92.8 Å². The van der Waals surface area contributed by atoms with Gasteiger partial charge in [-0.25, -0.2) is 14.5 Å². The molecule has 4 saturated heterocycles. The average Bonchev–Trinajstić information content (AvgIpc) is 1.65. The molecule has 25 N–H and O–H groups in total. The summed E-state index contributed by atoms with van der Waals surface area (Å²) in [6.45, 7) is 2.29. The van der Waals surface area contributed by atoms with Gasteiger partial charge in [0.25, 0.3) is 0 Å². The van der Waals surface area contributed by atoms with Crippen molar-refractivity contribution >= 4 is 116 Å². The van der Waals surface area contributed by atoms with Gasteiger partial charge in [-0.15, -0.1) is 5.10 Å². The number of nitrogens with one attached hydrogen (secondary N) is 11. The number of likely N-dealkylation sites (tertiary alicyclic amines) is 1. The average molecular weight is 1580 g/mol. The van der Waals surface area contributed by atoms with Crippen LogP contribution in [0.4, 0.5) is 0 Å². The number of guanidine groups is 1. The predicted octanol–water partition coefficient (Wildman–Crippen LogP) is -8.96. The summed E-state index contributed by atoms with van der Waals surface area (Å²) in [5.74, 6) is -17.8. The Morgan fingerprint density at radius 3 is 1.97 bits per heavy atom. The number of hydrogen-bond acceptors (Lipinski definition) is 26. The number of unbranched alkanes of at least 4 members (excludes halogenated alkanes) is 1. The third-order valence-electron chi connectivity index (χ3n) is 18.7. The van der Waals surface area contributed by atoms with Crippen LogP contribution in [-0.4, -0.2) is 297 Å². The number of carboxylic acid groups (broad SMARTS) is 2. The Bertz CT molecular complexity index is 3550. The number of carbonyl (C=O) groups is 15. The minimum Gasteiger partial charge on any atom is -0.481 e. The van der Waals surface area contributed by atoms with Crippen LogP contribution in [0.15, 0.2) is 23.7 Å². The van der Waals surface area contributed by atoms with E-state index in [2.05, 4.69) is 78.4 Å². The summed E-state index contributed by atoms with van der Waals surface area (Å²) in [5.41, 5.74) is 28.8. The number of aliphatic hydroxyl groups is 2. The van der Waals surface area contributed by atoms with E-state index in [1.807, 2.05) is 0 Å². The molecule has 45 heteroatoms. The van der Waals surface area contributed by atoms with Crippen molar-refractivity contribution in [2.24, 2.45) is 39.6 Å². The summed E-state index contributed by atoms with van der Waals surface area (Å²) in [6.07, 6.45) is 2.27. The van der Waals surface area contributed by atoms with E-state index < -0.39 is 217 Å². The summed E-state index contributed by atoms with van der Waals surface area (Å²) in [4.78, 5) is 228. The molecular weight excluding hydrogens is 1470 g/mol. The maximum atomic E-state index is 15.3. The van der Waals surface area contributed by atoms with Gasteiger partial charge in [0.1, 0.15) is 78.5 Å². The first-order valence-electron chi connectivity index (χ1n) is 35.9. The fourth-order valence-corrected chi connectivity index (χ4v) is 14.9. The molecule has 0 radical (unpaired) electrons. The number of H-pyrrole nitrogens is 1. The Morgan fingerprint density at radius 1 is 0.706 bits per heavy atom. The van der Waals surface area contributed by atoms with Crippen LogP contribution >= 0.6 is 21.6 Å². The SMILES string of the molecule is CC[C@H](C)[C@@H]1NC(=O)[C@H](CO)NC(=O)[C@H](CCCCN)NC(=O)[C@H]([C@@H](C)O)NC(=O)[C@@H](NC(=O)[C@H](CCCN=C(N)N)NC(=O)CN)CSSC[C@@H](C(=O)NC(Cc2cnc[nH]2)C(=O)N2CCC[C@H]2C(=O)N[C@@H](CC(=O)O)C(=O)O)NC(=O)[C@H](Cn2cc(CN)nn2)NC(=O)[C@@H]2CCCN2C(=O)[C@@H]2CCCN2C1=O. The number of aromatic amines is 1. The number of rotatable bonds is 29. The molecule has 0 aliphatic carbocycles. The van der Waals surface area contributed by atoms with Gasteiger partial charge in [0, 0.05) is 68.7 Å². The van der Waals surface area contributed by atoms with Gasteiger partial charge in [0.05, 0.1) is 44.2 Å². The Balaban J connectivity index is 1.47. The van der Waals surface area contributed by atoms with E-state index >= 15 is 9.59 Å². The van der Waals surface area contributed by atoms with Crippen molar-refractivity contribution in [3.63, 3.8) is 0 Å². The van der Waals surface area contributed by atoms with E-state index in [0.717, 1.165) is 33.4 Å². The first-order chi connectivity index (χ1) is 51.9. The van der Waals surface area contributed by atoms with E-state index in [9.17, 15) is 82.8 Å². The monoisotopic (exact) mass is 1570 g/mol. The Hall–Kier alpha value is -9.83. The number of nitrogens with zero attached hydrogens (tertiary/aromatic N) is 8. The van der Waals surface area contributed by atoms with Crippen molar-refractivity contribution in [3.8, 4) is 0 Å². The smallest absolute Gasteiger partial charge is 0.326 e. The van der Waals surface area contributed by atoms with Gasteiger partial charge in [-0.05, 0) is 90.0 Å². The second-order valence-electron chi connectivity index (χ2n) is 26.8. The maximum absolute atomic E-state index is 15.3. The fourth-order valence-electron chi connectivity index (χ4n) is 12.6. The van der Waals surface area contributed by atoms with Gasteiger partial charge in [-0.2, -0.15) is 0 Å². The molecule has 0 spiro atoms. The molecule has 0 bridgehead atoms. The van der Waals surface area contributed by atoms with E-state index in [4.69, 9.17) is 28.7 Å². The molecular formula is C64H102N24O19S2. The number of carbonyl (C=O) groups excluding carboxylic acids is 13. The number of aromatic nitrogens is 5. The van der Waals surface area contributed by atoms with Crippen LogP contribution in [0.5, 0.6) is 0 Å². The highest BCUT2D eigenvalue weighted by Gasteiger charge is 2.47. The number of aliphatic carboxylic acids is 2. The lowest BCUT2D eigenvalue weighted by molar-refractivity contribution is -0.149. The van der Waals surface area contributed by atoms with Crippen molar-refractivity contribution in [2.75, 3.05) is 57.4 Å². The van der Waals surface area contributed by atoms with Gasteiger partial charge >= 0.3 is 11.9 Å². The summed E-state index contributed by atoms with van der Waals surface area (Å²) in [5, 5.41) is 74.4. The van der Waals surface area contributed by atoms with Gasteiger partial charge in [-0.3, -0.25) is 72.1 Å². The first kappa shape index (κ1) is 88.1. The Morgan fingerprint density at radius 2 is 1.35 bits per heavy atom. The molecule has 4 aliphatic heterocycles. The predicted molar refractivity (Wildman–Crippen MR) is 389 cm³/mol. The molecule has 4 fully saturated rings. The highest BCUT2D eigenvalue weighted by atomic mass is 33.1. The summed E-state index contributed by atoms with van der Waals surface area (Å²) in [6, 6.07) is -20.8. The highest BCUT2D eigenvalue weighted by Crippen LogP contribution is 2.29. The molecule has 6 rings (SSSR count). The van der Waals surface area contributed by atoms with Crippen LogP contribution in [0.2, 0.25) is 0 Å². The van der Waals surface area contributed by atoms with Crippen molar-refractivity contribution in [3.05, 3.63) is 30.1 Å². The molecule has 109 heavy (non-hydrogen) atoms. The van der Waals surface area contributed by atoms with Crippen LogP contribution in [-0.2, 0) is 91.4 Å². The lowest BCUT2D eigenvalue weighted by Crippen LogP contribution is -2.62. The number of imidazole rings is 1. The van der Waals surface area contributed by atoms with Crippen LogP contribution in [0, 0.1) is 5.92 Å². The molecule has 15 atom stereocenters. The topological polar surface area (TPSA) is 669 Å². The zero-order valence-corrected chi connectivity index (χ0v) is 62.4. The van der Waals surface area contributed by atoms with Gasteiger partial charge < -0.3 is 122 Å². The number of carboxylic acids is 2. The molecule has 4 aliphatic rings. The number of hydrogen-bond donors (Lipinski definition) is 20. The second-order valence-corrected chi connectivity index (χ2v) is 29.3. The number of fused-ring (bicyclic) bond motifs is 2. The Labute approximate surface area is 634 Å². The van der Waals surface area contributed by atoms with Crippen LogP contribution < -0.4 is 81.8 Å². The van der Waals surface area contributed by atoms with E-state index in [-0.39, 0.29) is 127 Å². The molecule has 0 saturated carbocycles. The van der Waals surface area contributed by atoms with E-state index in [0.29, 0.717) is 12.8 Å². The van der Waals surface area contributed by atoms with Crippen molar-refractivity contribution in [2.45, 2.75) is 208 Å². The fraction of sp³-hybridized carbons (Fsp3) is 0.672. The van der Waals surface area contributed by atoms with E-state index in [1.165, 1.54) is 33.2 Å². The quantitative estimate of drug-likeness (QED) is 0.0156. The number of aliphatic hydroxyl groups excluding tert-OH is 2. The first-order valence-corrected chi connectivity index (χ1v) is 38.4. The van der Waals surface area contributed by atoms with Gasteiger partial charge in [0.15, 0.2) is 5.96 Å². The standard InChI is InChI=1S/C64H102N24O19S2/c1-4-32(2)49-62(105)88-20-10-15-46(88)61(104)87-19-9-14-45(87)58(101)77-40(27-85-26-35(23-66)83-84-85)53(96)80-42(55(98)75-38(21-34-25-70-31-72-34)60(103)86-18-8-13-44(86)57(100)76-39(63(106)107)22-48(92)93)29-108-109-30-43(79-51(94)36(73-47(91)24-67)12-7-17-71-64(68)69)56(99)82-50(33(3)90)59(102)74-37(11-5-6-16-65)52(95)78-41(28-89)54(97)81-49/h25-26,31-33,36-46,49-50,89-90H,4-24,27-30,65-67H2,1-3H3,(H,70,72)(H,73,91)(H,74,102)(H,75,98)(H,76,100)(H,77,101)(H,78,95)(H,79,94)(H,80,96)(H,81,97)(H,82,99)(H,92,93)(H,106,107)(H4,68,69,71)/t32-,33+,36-,37-,38?,39-,40-,41-,42-,43-,44-,45-,46-,49-,50-/m0/s1. The molecule has 6 heterocycles. The van der Waals surface area contributed by atoms with Crippen molar-refractivity contribution < 1.29 is 92.3 Å². The molecule has 2 aromatic rings. The zero-order chi connectivity index (χ0) is 80.2. The third-order valence-corrected chi connectivity index (χ3v) is 21.1. The molecule has 604 valence electrons. The minimum absolute atomic E-state index is 0.0102. The molecule has 13 amide bonds. The highest BCUT2D eigenvalue weighted by molar-refractivity contribution is 8.76. The Kier molecular flexibility index (Phi) is 35.1. The zero-order valence-electron chi connectivity index (χ0n) is 60.8. The minimum atomic E-state index is -1.95. The van der Waals surface area contributed by atoms with Crippen LogP contribution in [0.1, 0.15) is 116 Å². The number of aliphatic imine (C=N–C) groups is 1. The molecule has 43 nitrogen and oxygen atoms in total. The van der Waals surface area contributed by atoms with Gasteiger partial charge in [-0.1, -0.05) is 47.1 Å². The van der Waals surface area contributed by atoms with Crippen LogP contribution in [0.25, 0.3) is 0 Å². The lowest BCUT2D eigenvalue weighted by atomic mass is 9.96. The van der Waals surface area contributed by atoms with Crippen molar-refractivity contribution in [1.29, 1.82) is 0 Å². The normalized spacial score (nSPS) is 24.6. The largest absolute Gasteiger partial charge is 0.481 e. The maximum Gasteiger partial charge on any atom is 0.326 e. The second kappa shape index (κ2) is 43.4. The number of nitrogens with two attached hydrogens (primary N) is 5. The summed E-state index contributed by atoms with van der Waals surface area (Å²) in [7, 11) is 1.54. The lowest BCUT2D eigenvalue weighted by Gasteiger charge is -2.35. The van der Waals surface area contributed by atoms with E-state index in [1.54, 1.807) is 13.8 Å². The molecule has 1 unspecified atom stereocenters. The molecule has 2 aromatic heterocycles. The summed E-state index contributed by atoms with van der Waals surface area (Å²) >= 11 is 0. The number of amides is 13.